The molecule has 0 spiro atoms. The van der Waals surface area contributed by atoms with Gasteiger partial charge in [0.1, 0.15) is 22.7 Å². The van der Waals surface area contributed by atoms with E-state index in [1.807, 2.05) is 0 Å². The molecule has 6 rings (SSSR count). The Morgan fingerprint density at radius 1 is 0.667 bits per heavy atom. The Kier molecular flexibility index (Phi) is 7.12. The lowest BCUT2D eigenvalue weighted by Gasteiger charge is -2.20. The van der Waals surface area contributed by atoms with Crippen LogP contribution in [0.4, 0.5) is 11.4 Å². The third kappa shape index (κ3) is 5.07. The largest absolute Gasteiger partial charge is 0.507 e. The maximum atomic E-state index is 13.3. The van der Waals surface area contributed by atoms with Gasteiger partial charge in [0.2, 0.25) is 0 Å². The number of rotatable bonds is 5. The standard InChI is InChI=1S/C32H21ClN2O6S/c33-18-11-15-20(16-12-18)35-32(42)34-19-13-9-17(10-14-19)25(26-28(36)21-5-1-3-7-23(21)40-30(26)38)27-29(37)22-6-2-4-8-24(22)41-31(27)39/h1-16,25,36-37H,(H2,34,35,42). The monoisotopic (exact) mass is 596 g/mol. The molecule has 4 aromatic carbocycles. The Bertz CT molecular complexity index is 1990. The fourth-order valence-electron chi connectivity index (χ4n) is 4.87. The Balaban J connectivity index is 1.46. The van der Waals surface area contributed by atoms with Gasteiger partial charge < -0.3 is 29.7 Å². The van der Waals surface area contributed by atoms with Gasteiger partial charge in [-0.25, -0.2) is 9.59 Å². The number of halogens is 1. The summed E-state index contributed by atoms with van der Waals surface area (Å²) in [6.07, 6.45) is 0. The lowest BCUT2D eigenvalue weighted by molar-refractivity contribution is 0.441. The zero-order valence-electron chi connectivity index (χ0n) is 21.6. The smallest absolute Gasteiger partial charge is 0.344 e. The van der Waals surface area contributed by atoms with Gasteiger partial charge in [0, 0.05) is 16.4 Å². The molecule has 2 aromatic heterocycles. The van der Waals surface area contributed by atoms with Gasteiger partial charge in [-0.3, -0.25) is 0 Å². The molecule has 0 saturated heterocycles. The minimum atomic E-state index is -1.24. The van der Waals surface area contributed by atoms with E-state index in [1.54, 1.807) is 97.1 Å². The van der Waals surface area contributed by atoms with Gasteiger partial charge in [0.15, 0.2) is 5.11 Å². The van der Waals surface area contributed by atoms with Crippen LogP contribution in [0.3, 0.4) is 0 Å². The van der Waals surface area contributed by atoms with E-state index in [-0.39, 0.29) is 44.6 Å². The first-order valence-electron chi connectivity index (χ1n) is 12.7. The second-order valence-electron chi connectivity index (χ2n) is 9.44. The molecule has 0 radical (unpaired) electrons. The van der Waals surface area contributed by atoms with Crippen molar-refractivity contribution in [2.75, 3.05) is 10.6 Å². The van der Waals surface area contributed by atoms with E-state index in [4.69, 9.17) is 32.7 Å². The van der Waals surface area contributed by atoms with Crippen LogP contribution in [0.1, 0.15) is 22.6 Å². The van der Waals surface area contributed by atoms with Crippen molar-refractivity contribution in [1.29, 1.82) is 0 Å². The third-order valence-electron chi connectivity index (χ3n) is 6.82. The number of fused-ring (bicyclic) bond motifs is 2. The average Bonchev–Trinajstić information content (AvgIpc) is 2.98. The summed E-state index contributed by atoms with van der Waals surface area (Å²) in [7, 11) is 0. The fraction of sp³-hybridized carbons (Fsp3) is 0.0312. The number of hydrogen-bond acceptors (Lipinski definition) is 7. The first kappa shape index (κ1) is 27.1. The first-order valence-corrected chi connectivity index (χ1v) is 13.5. The average molecular weight is 597 g/mol. The summed E-state index contributed by atoms with van der Waals surface area (Å²) in [6.45, 7) is 0. The molecular weight excluding hydrogens is 576 g/mol. The molecule has 0 atom stereocenters. The summed E-state index contributed by atoms with van der Waals surface area (Å²) >= 11 is 11.4. The number of para-hydroxylation sites is 2. The van der Waals surface area contributed by atoms with Crippen molar-refractivity contribution in [2.24, 2.45) is 0 Å². The highest BCUT2D eigenvalue weighted by atomic mass is 35.5. The van der Waals surface area contributed by atoms with Crippen molar-refractivity contribution in [3.05, 3.63) is 140 Å². The molecule has 6 aromatic rings. The second kappa shape index (κ2) is 11.0. The van der Waals surface area contributed by atoms with Gasteiger partial charge in [-0.1, -0.05) is 48.0 Å². The molecule has 2 heterocycles. The number of benzene rings is 4. The molecule has 208 valence electrons. The van der Waals surface area contributed by atoms with Crippen LogP contribution in [0.2, 0.25) is 5.02 Å². The quantitative estimate of drug-likeness (QED) is 0.123. The van der Waals surface area contributed by atoms with Crippen LogP contribution in [-0.4, -0.2) is 15.3 Å². The molecule has 0 unspecified atom stereocenters. The number of thiocarbonyl (C=S) groups is 1. The molecule has 0 fully saturated rings. The third-order valence-corrected chi connectivity index (χ3v) is 7.28. The molecule has 0 aliphatic carbocycles. The summed E-state index contributed by atoms with van der Waals surface area (Å²) in [5.74, 6) is -1.97. The highest BCUT2D eigenvalue weighted by Gasteiger charge is 2.32. The van der Waals surface area contributed by atoms with E-state index in [9.17, 15) is 19.8 Å². The summed E-state index contributed by atoms with van der Waals surface area (Å²) in [5, 5.41) is 30.3. The number of nitrogens with one attached hydrogen (secondary N) is 2. The van der Waals surface area contributed by atoms with Crippen molar-refractivity contribution in [3.63, 3.8) is 0 Å². The molecule has 0 aliphatic heterocycles. The molecule has 8 nitrogen and oxygen atoms in total. The molecule has 42 heavy (non-hydrogen) atoms. The molecule has 0 aliphatic rings. The van der Waals surface area contributed by atoms with Gasteiger partial charge in [0.05, 0.1) is 27.8 Å². The minimum Gasteiger partial charge on any atom is -0.507 e. The molecular formula is C32H21ClN2O6S. The van der Waals surface area contributed by atoms with Crippen LogP contribution in [0.25, 0.3) is 21.9 Å². The van der Waals surface area contributed by atoms with Gasteiger partial charge in [0.25, 0.3) is 0 Å². The Morgan fingerprint density at radius 3 is 1.57 bits per heavy atom. The van der Waals surface area contributed by atoms with Crippen LogP contribution in [0, 0.1) is 0 Å². The van der Waals surface area contributed by atoms with Gasteiger partial charge in [-0.15, -0.1) is 0 Å². The minimum absolute atomic E-state index is 0.179. The predicted octanol–water partition coefficient (Wildman–Crippen LogP) is 6.95. The van der Waals surface area contributed by atoms with Crippen molar-refractivity contribution in [2.45, 2.75) is 5.92 Å². The maximum Gasteiger partial charge on any atom is 0.344 e. The predicted molar refractivity (Wildman–Crippen MR) is 167 cm³/mol. The number of aromatic hydroxyl groups is 2. The Labute approximate surface area is 248 Å². The topological polar surface area (TPSA) is 125 Å². The lowest BCUT2D eigenvalue weighted by atomic mass is 9.84. The number of anilines is 2. The van der Waals surface area contributed by atoms with Crippen LogP contribution in [0.15, 0.2) is 115 Å². The van der Waals surface area contributed by atoms with Gasteiger partial charge in [-0.05, 0) is 78.4 Å². The van der Waals surface area contributed by atoms with Crippen molar-refractivity contribution in [3.8, 4) is 11.5 Å². The van der Waals surface area contributed by atoms with Crippen molar-refractivity contribution >= 4 is 62.2 Å². The first-order chi connectivity index (χ1) is 20.3. The molecule has 0 saturated carbocycles. The van der Waals surface area contributed by atoms with E-state index in [0.29, 0.717) is 21.4 Å². The summed E-state index contributed by atoms with van der Waals surface area (Å²) in [5.41, 5.74) is -0.0409. The van der Waals surface area contributed by atoms with Gasteiger partial charge in [-0.2, -0.15) is 0 Å². The Morgan fingerprint density at radius 2 is 1.10 bits per heavy atom. The molecule has 0 amide bonds. The van der Waals surface area contributed by atoms with E-state index in [0.717, 1.165) is 5.69 Å². The molecule has 4 N–H and O–H groups in total. The highest BCUT2D eigenvalue weighted by Crippen LogP contribution is 2.42. The maximum absolute atomic E-state index is 13.3. The summed E-state index contributed by atoms with van der Waals surface area (Å²) in [6, 6.07) is 26.7. The molecule has 10 heteroatoms. The van der Waals surface area contributed by atoms with Crippen molar-refractivity contribution in [1.82, 2.24) is 0 Å². The zero-order valence-corrected chi connectivity index (χ0v) is 23.2. The van der Waals surface area contributed by atoms with E-state index in [1.165, 1.54) is 0 Å². The lowest BCUT2D eigenvalue weighted by Crippen LogP contribution is -2.21. The van der Waals surface area contributed by atoms with E-state index in [2.05, 4.69) is 10.6 Å². The van der Waals surface area contributed by atoms with E-state index < -0.39 is 17.2 Å². The van der Waals surface area contributed by atoms with Crippen molar-refractivity contribution < 1.29 is 19.0 Å². The Hall–Kier alpha value is -5.12. The SMILES string of the molecule is O=c1oc2ccccc2c(O)c1C(c1ccc(NC(=S)Nc2ccc(Cl)cc2)cc1)c1c(O)c2ccccc2oc1=O. The zero-order chi connectivity index (χ0) is 29.4. The summed E-state index contributed by atoms with van der Waals surface area (Å²) < 4.78 is 11.1. The highest BCUT2D eigenvalue weighted by molar-refractivity contribution is 7.80. The normalized spacial score (nSPS) is 11.2. The van der Waals surface area contributed by atoms with Crippen LogP contribution < -0.4 is 21.9 Å². The van der Waals surface area contributed by atoms with Gasteiger partial charge >= 0.3 is 11.3 Å². The second-order valence-corrected chi connectivity index (χ2v) is 10.3. The van der Waals surface area contributed by atoms with E-state index >= 15 is 0 Å². The van der Waals surface area contributed by atoms with Crippen LogP contribution in [0.5, 0.6) is 11.5 Å². The van der Waals surface area contributed by atoms with Crippen LogP contribution >= 0.6 is 23.8 Å². The fourth-order valence-corrected chi connectivity index (χ4v) is 5.23. The number of hydrogen-bond donors (Lipinski definition) is 4. The summed E-state index contributed by atoms with van der Waals surface area (Å²) in [4.78, 5) is 26.7. The molecule has 0 bridgehead atoms. The van der Waals surface area contributed by atoms with Crippen LogP contribution in [-0.2, 0) is 0 Å².